The summed E-state index contributed by atoms with van der Waals surface area (Å²) in [5.41, 5.74) is 5.75. The Balaban J connectivity index is 0.00000450. The number of carbonyl (C=O) groups is 3. The van der Waals surface area contributed by atoms with Crippen LogP contribution in [0.2, 0.25) is 0 Å². The predicted octanol–water partition coefficient (Wildman–Crippen LogP) is 1.37. The van der Waals surface area contributed by atoms with Crippen molar-refractivity contribution in [3.05, 3.63) is 35.1 Å². The van der Waals surface area contributed by atoms with Crippen LogP contribution in [0.4, 0.5) is 13.2 Å². The average Bonchev–Trinajstić information content (AvgIpc) is 3.14. The molecule has 0 bridgehead atoms. The highest BCUT2D eigenvalue weighted by atomic mass is 35.5. The zero-order valence-electron chi connectivity index (χ0n) is 16.2. The lowest BCUT2D eigenvalue weighted by Gasteiger charge is -2.24. The van der Waals surface area contributed by atoms with Gasteiger partial charge in [-0.05, 0) is 25.0 Å². The molecule has 0 saturated carbocycles. The van der Waals surface area contributed by atoms with Crippen LogP contribution in [0.25, 0.3) is 0 Å². The summed E-state index contributed by atoms with van der Waals surface area (Å²) in [5, 5.41) is 1.60. The largest absolute Gasteiger partial charge is 0.465 e. The molecule has 0 radical (unpaired) electrons. The van der Waals surface area contributed by atoms with E-state index in [9.17, 15) is 27.6 Å². The van der Waals surface area contributed by atoms with Crippen LogP contribution < -0.4 is 11.1 Å². The van der Waals surface area contributed by atoms with Gasteiger partial charge in [0.25, 0.3) is 5.91 Å². The van der Waals surface area contributed by atoms with E-state index in [4.69, 9.17) is 10.5 Å². The molecule has 2 rings (SSSR count). The number of ether oxygens (including phenoxy) is 1. The molecule has 2 amide bonds. The fraction of sp³-hybridized carbons (Fsp3) is 0.500. The van der Waals surface area contributed by atoms with Crippen molar-refractivity contribution in [1.29, 1.82) is 0 Å². The van der Waals surface area contributed by atoms with Crippen molar-refractivity contribution in [3.63, 3.8) is 0 Å². The number of nitrogens with zero attached hydrogens (tertiary/aromatic N) is 1. The molecule has 1 aromatic carbocycles. The van der Waals surface area contributed by atoms with Crippen LogP contribution in [0.1, 0.15) is 18.9 Å². The van der Waals surface area contributed by atoms with E-state index in [0.717, 1.165) is 0 Å². The van der Waals surface area contributed by atoms with E-state index in [1.165, 1.54) is 16.7 Å². The lowest BCUT2D eigenvalue weighted by Crippen LogP contribution is -2.47. The quantitative estimate of drug-likeness (QED) is 0.440. The van der Waals surface area contributed by atoms with Crippen LogP contribution in [0.3, 0.4) is 0 Å². The summed E-state index contributed by atoms with van der Waals surface area (Å²) >= 11 is 1.24. The van der Waals surface area contributed by atoms with E-state index >= 15 is 0 Å². The monoisotopic (exact) mass is 469 g/mol. The van der Waals surface area contributed by atoms with Gasteiger partial charge in [-0.1, -0.05) is 0 Å². The van der Waals surface area contributed by atoms with E-state index in [1.54, 1.807) is 6.92 Å². The molecule has 7 nitrogen and oxygen atoms in total. The molecule has 1 saturated heterocycles. The fourth-order valence-electron chi connectivity index (χ4n) is 2.82. The molecule has 1 heterocycles. The molecule has 2 atom stereocenters. The van der Waals surface area contributed by atoms with Gasteiger partial charge in [-0.25, -0.2) is 13.2 Å². The number of rotatable bonds is 8. The zero-order chi connectivity index (χ0) is 21.6. The molecule has 12 heteroatoms. The van der Waals surface area contributed by atoms with Crippen LogP contribution >= 0.6 is 24.2 Å². The van der Waals surface area contributed by atoms with Crippen LogP contribution in [0.15, 0.2) is 12.1 Å². The number of nitrogens with one attached hydrogen (secondary N) is 1. The van der Waals surface area contributed by atoms with Crippen molar-refractivity contribution in [2.75, 3.05) is 25.4 Å². The standard InChI is InChI=1S/C18H22F3N3O4S.ClH/c1-2-28-16(26)9-23-17(27)18-24(3-4-29-18)15(25)7-11(22)5-10-6-13(20)14(21)8-12(10)19;/h6,8,11,18H,2-5,7,9,22H2,1H3,(H,23,27);1H/t11-,18?;/m1./s1. The second kappa shape index (κ2) is 12.0. The summed E-state index contributed by atoms with van der Waals surface area (Å²) in [4.78, 5) is 37.5. The molecule has 168 valence electrons. The number of nitrogens with two attached hydrogens (primary N) is 1. The first-order valence-corrected chi connectivity index (χ1v) is 10.0. The Kier molecular flexibility index (Phi) is 10.4. The topological polar surface area (TPSA) is 102 Å². The van der Waals surface area contributed by atoms with Gasteiger partial charge in [0.15, 0.2) is 17.0 Å². The van der Waals surface area contributed by atoms with E-state index in [2.05, 4.69) is 5.32 Å². The summed E-state index contributed by atoms with van der Waals surface area (Å²) < 4.78 is 44.8. The number of carbonyl (C=O) groups excluding carboxylic acids is 3. The summed E-state index contributed by atoms with van der Waals surface area (Å²) in [6.45, 7) is 1.84. The molecule has 1 fully saturated rings. The molecular weight excluding hydrogens is 447 g/mol. The van der Waals surface area contributed by atoms with Crippen molar-refractivity contribution < 1.29 is 32.3 Å². The van der Waals surface area contributed by atoms with Gasteiger partial charge in [-0.15, -0.1) is 24.2 Å². The van der Waals surface area contributed by atoms with E-state index in [1.807, 2.05) is 0 Å². The molecule has 30 heavy (non-hydrogen) atoms. The van der Waals surface area contributed by atoms with Crippen LogP contribution in [-0.2, 0) is 25.5 Å². The van der Waals surface area contributed by atoms with Gasteiger partial charge in [0.05, 0.1) is 6.61 Å². The maximum atomic E-state index is 13.8. The smallest absolute Gasteiger partial charge is 0.325 e. The Bertz CT molecular complexity index is 787. The number of benzene rings is 1. The minimum Gasteiger partial charge on any atom is -0.465 e. The second-order valence-corrected chi connectivity index (χ2v) is 7.55. The van der Waals surface area contributed by atoms with Crippen LogP contribution in [-0.4, -0.2) is 59.5 Å². The number of hydrogen-bond acceptors (Lipinski definition) is 6. The third-order valence-electron chi connectivity index (χ3n) is 4.16. The van der Waals surface area contributed by atoms with Gasteiger partial charge < -0.3 is 20.7 Å². The van der Waals surface area contributed by atoms with Crippen molar-refractivity contribution in [3.8, 4) is 0 Å². The molecule has 0 spiro atoms. The van der Waals surface area contributed by atoms with Gasteiger partial charge in [0, 0.05) is 30.8 Å². The van der Waals surface area contributed by atoms with Gasteiger partial charge in [-0.2, -0.15) is 0 Å². The summed E-state index contributed by atoms with van der Waals surface area (Å²) in [5.74, 6) is -4.44. The van der Waals surface area contributed by atoms with Crippen LogP contribution in [0.5, 0.6) is 0 Å². The van der Waals surface area contributed by atoms with E-state index in [0.29, 0.717) is 24.4 Å². The predicted molar refractivity (Wildman–Crippen MR) is 107 cm³/mol. The van der Waals surface area contributed by atoms with Crippen molar-refractivity contribution in [1.82, 2.24) is 10.2 Å². The van der Waals surface area contributed by atoms with E-state index < -0.39 is 46.7 Å². The van der Waals surface area contributed by atoms with E-state index in [-0.39, 0.29) is 44.0 Å². The van der Waals surface area contributed by atoms with Gasteiger partial charge in [0.1, 0.15) is 12.4 Å². The van der Waals surface area contributed by atoms with Crippen molar-refractivity contribution in [2.24, 2.45) is 5.73 Å². The number of amides is 2. The highest BCUT2D eigenvalue weighted by molar-refractivity contribution is 8.00. The summed E-state index contributed by atoms with van der Waals surface area (Å²) in [6.07, 6.45) is -0.379. The molecule has 0 aliphatic carbocycles. The Morgan fingerprint density at radius 1 is 1.27 bits per heavy atom. The number of esters is 1. The lowest BCUT2D eigenvalue weighted by atomic mass is 10.0. The van der Waals surface area contributed by atoms with Gasteiger partial charge >= 0.3 is 5.97 Å². The normalized spacial score (nSPS) is 16.6. The zero-order valence-corrected chi connectivity index (χ0v) is 17.8. The molecular formula is C18H23ClF3N3O4S. The first-order valence-electron chi connectivity index (χ1n) is 8.96. The molecule has 1 aromatic rings. The Morgan fingerprint density at radius 3 is 2.60 bits per heavy atom. The fourth-order valence-corrected chi connectivity index (χ4v) is 3.98. The van der Waals surface area contributed by atoms with Crippen LogP contribution in [0, 0.1) is 17.5 Å². The highest BCUT2D eigenvalue weighted by Crippen LogP contribution is 2.25. The van der Waals surface area contributed by atoms with Crippen molar-refractivity contribution in [2.45, 2.75) is 31.2 Å². The number of halogens is 4. The SMILES string of the molecule is CCOC(=O)CNC(=O)C1SCCN1C(=O)C[C@H](N)Cc1cc(F)c(F)cc1F.Cl. The van der Waals surface area contributed by atoms with Crippen molar-refractivity contribution >= 4 is 42.0 Å². The second-order valence-electron chi connectivity index (χ2n) is 6.36. The molecule has 1 aliphatic heterocycles. The maximum absolute atomic E-state index is 13.8. The summed E-state index contributed by atoms with van der Waals surface area (Å²) in [7, 11) is 0. The van der Waals surface area contributed by atoms with Gasteiger partial charge in [0.2, 0.25) is 5.91 Å². The minimum absolute atomic E-state index is 0. The molecule has 1 unspecified atom stereocenters. The molecule has 0 aromatic heterocycles. The average molecular weight is 470 g/mol. The lowest BCUT2D eigenvalue weighted by molar-refractivity contribution is -0.144. The minimum atomic E-state index is -1.30. The summed E-state index contributed by atoms with van der Waals surface area (Å²) in [6, 6.07) is 0.294. The Hall–Kier alpha value is -1.98. The first kappa shape index (κ1) is 26.1. The maximum Gasteiger partial charge on any atom is 0.325 e. The number of hydrogen-bond donors (Lipinski definition) is 2. The first-order chi connectivity index (χ1) is 13.7. The van der Waals surface area contributed by atoms with Gasteiger partial charge in [-0.3, -0.25) is 14.4 Å². The Morgan fingerprint density at radius 2 is 1.93 bits per heavy atom. The number of thioether (sulfide) groups is 1. The molecule has 3 N–H and O–H groups in total. The molecule has 1 aliphatic rings. The highest BCUT2D eigenvalue weighted by Gasteiger charge is 2.35. The Labute approximate surface area is 182 Å². The third kappa shape index (κ3) is 7.06. The third-order valence-corrected chi connectivity index (χ3v) is 5.36.